The lowest BCUT2D eigenvalue weighted by molar-refractivity contribution is 0.974. The largest absolute Gasteiger partial charge is 0.225 e. The van der Waals surface area contributed by atoms with Gasteiger partial charge in [0.1, 0.15) is 13.5 Å². The third-order valence-electron chi connectivity index (χ3n) is 0.608. The topological polar surface area (TPSA) is 38.7 Å². The summed E-state index contributed by atoms with van der Waals surface area (Å²) in [5, 5.41) is 0.0764. The molecule has 1 heterocycles. The third-order valence-corrected chi connectivity index (χ3v) is 0.777. The van der Waals surface area contributed by atoms with E-state index in [1.807, 2.05) is 0 Å². The van der Waals surface area contributed by atoms with E-state index in [4.69, 9.17) is 13.0 Å². The summed E-state index contributed by atoms with van der Waals surface area (Å²) in [6.45, 7) is 1.66. The van der Waals surface area contributed by atoms with E-state index in [1.54, 1.807) is 6.92 Å². The lowest BCUT2D eigenvalue weighted by atomic mass is 10.7. The molecule has 0 amide bonds. The van der Waals surface area contributed by atoms with Crippen molar-refractivity contribution in [2.45, 2.75) is 6.92 Å². The van der Waals surface area contributed by atoms with Gasteiger partial charge in [-0.15, -0.1) is 0 Å². The third kappa shape index (κ3) is 1.13. The molecule has 0 atom stereocenters. The van der Waals surface area contributed by atoms with Crippen molar-refractivity contribution in [2.24, 2.45) is 0 Å². The predicted molar refractivity (Wildman–Crippen MR) is 29.6 cm³/mol. The minimum atomic E-state index is -0.0903. The van der Waals surface area contributed by atoms with Gasteiger partial charge < -0.3 is 0 Å². The number of halogens is 1. The van der Waals surface area contributed by atoms with Crippen LogP contribution in [0.3, 0.4) is 0 Å². The van der Waals surface area contributed by atoms with Gasteiger partial charge in [-0.3, -0.25) is 0 Å². The molecule has 0 aromatic carbocycles. The average molecular weight is 131 g/mol. The van der Waals surface area contributed by atoms with Crippen LogP contribution in [0.4, 0.5) is 0 Å². The minimum Gasteiger partial charge on any atom is -0.222 e. The number of hydrogen-bond acceptors (Lipinski definition) is 3. The molecular formula is C4H4ClN3. The number of rotatable bonds is 0. The van der Waals surface area contributed by atoms with Crippen LogP contribution < -0.4 is 0 Å². The lowest BCUT2D eigenvalue weighted by Gasteiger charge is -1.86. The van der Waals surface area contributed by atoms with Crippen LogP contribution in [0.5, 0.6) is 0 Å². The molecule has 0 aliphatic heterocycles. The highest BCUT2D eigenvalue weighted by Crippen LogP contribution is 1.94. The van der Waals surface area contributed by atoms with E-state index in [1.165, 1.54) is 0 Å². The summed E-state index contributed by atoms with van der Waals surface area (Å²) < 4.78 is 6.93. The number of nitrogens with zero attached hydrogens (tertiary/aromatic N) is 3. The first-order chi connectivity index (χ1) is 4.18. The van der Waals surface area contributed by atoms with Crippen LogP contribution in [-0.4, -0.2) is 15.0 Å². The van der Waals surface area contributed by atoms with Crippen LogP contribution in [-0.2, 0) is 0 Å². The quantitative estimate of drug-likeness (QED) is 0.522. The van der Waals surface area contributed by atoms with Gasteiger partial charge >= 0.3 is 0 Å². The molecule has 0 fully saturated rings. The fourth-order valence-corrected chi connectivity index (χ4v) is 0.482. The molecule has 0 spiro atoms. The van der Waals surface area contributed by atoms with Crippen LogP contribution >= 0.6 is 11.6 Å². The Balaban J connectivity index is 3.17. The van der Waals surface area contributed by atoms with Crippen molar-refractivity contribution in [3.8, 4) is 0 Å². The van der Waals surface area contributed by atoms with Crippen molar-refractivity contribution in [3.63, 3.8) is 0 Å². The second-order valence-electron chi connectivity index (χ2n) is 1.25. The Bertz CT molecular complexity index is 177. The fourth-order valence-electron chi connectivity index (χ4n) is 0.322. The highest BCUT2D eigenvalue weighted by atomic mass is 35.5. The zero-order valence-electron chi connectivity index (χ0n) is 5.22. The summed E-state index contributed by atoms with van der Waals surface area (Å²) in [5.41, 5.74) is 0. The smallest absolute Gasteiger partial charge is 0.222 e. The SMILES string of the molecule is [2H]c1nc(C)nc(Cl)n1. The van der Waals surface area contributed by atoms with Gasteiger partial charge in [0.2, 0.25) is 5.28 Å². The molecule has 0 radical (unpaired) electrons. The molecule has 42 valence electrons. The molecule has 1 rings (SSSR count). The zero-order chi connectivity index (χ0) is 6.85. The number of aryl methyl sites for hydroxylation is 1. The first-order valence-corrected chi connectivity index (χ1v) is 2.41. The minimum absolute atomic E-state index is 0.0764. The standard InChI is InChI=1S/C4H4ClN3/c1-3-6-2-7-4(5)8-3/h2H,1H3/i2D. The highest BCUT2D eigenvalue weighted by molar-refractivity contribution is 6.28. The molecule has 0 aliphatic rings. The molecular weight excluding hydrogens is 126 g/mol. The maximum absolute atomic E-state index is 6.93. The summed E-state index contributed by atoms with van der Waals surface area (Å²) >= 11 is 5.37. The van der Waals surface area contributed by atoms with Crippen LogP contribution in [0.25, 0.3) is 0 Å². The molecule has 0 N–H and O–H groups in total. The molecule has 0 bridgehead atoms. The van der Waals surface area contributed by atoms with Gasteiger partial charge in [-0.2, -0.15) is 0 Å². The van der Waals surface area contributed by atoms with Crippen molar-refractivity contribution >= 4 is 11.6 Å². The Labute approximate surface area is 53.2 Å². The highest BCUT2D eigenvalue weighted by Gasteiger charge is 1.87. The van der Waals surface area contributed by atoms with Gasteiger partial charge in [0.05, 0.1) is 0 Å². The summed E-state index contributed by atoms with van der Waals surface area (Å²) in [5.74, 6) is 0.472. The summed E-state index contributed by atoms with van der Waals surface area (Å²) in [7, 11) is 0. The molecule has 1 aromatic heterocycles. The molecule has 8 heavy (non-hydrogen) atoms. The first kappa shape index (κ1) is 4.21. The second kappa shape index (κ2) is 2.05. The van der Waals surface area contributed by atoms with Crippen molar-refractivity contribution in [3.05, 3.63) is 17.4 Å². The Morgan fingerprint density at radius 2 is 2.50 bits per heavy atom. The van der Waals surface area contributed by atoms with Crippen LogP contribution in [0.15, 0.2) is 6.30 Å². The van der Waals surface area contributed by atoms with Crippen molar-refractivity contribution in [1.29, 1.82) is 0 Å². The van der Waals surface area contributed by atoms with Crippen molar-refractivity contribution < 1.29 is 1.37 Å². The number of hydrogen-bond donors (Lipinski definition) is 0. The van der Waals surface area contributed by atoms with Crippen molar-refractivity contribution in [1.82, 2.24) is 15.0 Å². The van der Waals surface area contributed by atoms with E-state index in [9.17, 15) is 0 Å². The summed E-state index contributed by atoms with van der Waals surface area (Å²) in [6.07, 6.45) is -0.0903. The van der Waals surface area contributed by atoms with E-state index >= 15 is 0 Å². The van der Waals surface area contributed by atoms with Crippen LogP contribution in [0.2, 0.25) is 5.28 Å². The monoisotopic (exact) mass is 130 g/mol. The summed E-state index contributed by atoms with van der Waals surface area (Å²) in [6, 6.07) is 0. The normalized spacial score (nSPS) is 11.0. The molecule has 1 aromatic rings. The lowest BCUT2D eigenvalue weighted by Crippen LogP contribution is -1.87. The van der Waals surface area contributed by atoms with Crippen LogP contribution in [0.1, 0.15) is 7.20 Å². The van der Waals surface area contributed by atoms with Gasteiger partial charge in [0, 0.05) is 0 Å². The Hall–Kier alpha value is -0.700. The fraction of sp³-hybridized carbons (Fsp3) is 0.250. The summed E-state index contributed by atoms with van der Waals surface area (Å²) in [4.78, 5) is 10.7. The van der Waals surface area contributed by atoms with Gasteiger partial charge in [-0.1, -0.05) is 0 Å². The van der Waals surface area contributed by atoms with Crippen molar-refractivity contribution in [2.75, 3.05) is 0 Å². The second-order valence-corrected chi connectivity index (χ2v) is 1.59. The van der Waals surface area contributed by atoms with E-state index in [-0.39, 0.29) is 11.6 Å². The molecule has 0 aliphatic carbocycles. The Kier molecular flexibility index (Phi) is 1.08. The van der Waals surface area contributed by atoms with E-state index in [2.05, 4.69) is 15.0 Å². The van der Waals surface area contributed by atoms with Gasteiger partial charge in [0.25, 0.3) is 0 Å². The number of aromatic nitrogens is 3. The zero-order valence-corrected chi connectivity index (χ0v) is 4.98. The maximum atomic E-state index is 6.93. The Morgan fingerprint density at radius 3 is 3.00 bits per heavy atom. The molecule has 0 saturated carbocycles. The molecule has 0 unspecified atom stereocenters. The van der Waals surface area contributed by atoms with Gasteiger partial charge in [0.15, 0.2) is 0 Å². The molecule has 3 nitrogen and oxygen atoms in total. The Morgan fingerprint density at radius 1 is 1.75 bits per heavy atom. The average Bonchev–Trinajstić information content (AvgIpc) is 1.59. The van der Waals surface area contributed by atoms with E-state index in [0.717, 1.165) is 0 Å². The van der Waals surface area contributed by atoms with Crippen LogP contribution in [0, 0.1) is 6.92 Å². The maximum Gasteiger partial charge on any atom is 0.225 e. The predicted octanol–water partition coefficient (Wildman–Crippen LogP) is 0.833. The van der Waals surface area contributed by atoms with Gasteiger partial charge in [-0.25, -0.2) is 15.0 Å². The van der Waals surface area contributed by atoms with Gasteiger partial charge in [-0.05, 0) is 18.5 Å². The van der Waals surface area contributed by atoms with E-state index in [0.29, 0.717) is 5.82 Å². The van der Waals surface area contributed by atoms with E-state index < -0.39 is 0 Å². The molecule has 0 saturated heterocycles. The first-order valence-electron chi connectivity index (χ1n) is 2.53. The molecule has 4 heteroatoms.